The molecule has 0 unspecified atom stereocenters. The summed E-state index contributed by atoms with van der Waals surface area (Å²) >= 11 is 0. The summed E-state index contributed by atoms with van der Waals surface area (Å²) in [6.07, 6.45) is 1.11. The molecule has 1 amide bonds. The van der Waals surface area contributed by atoms with Crippen LogP contribution in [0.25, 0.3) is 0 Å². The van der Waals surface area contributed by atoms with E-state index in [9.17, 15) is 4.79 Å². The van der Waals surface area contributed by atoms with Crippen molar-refractivity contribution < 1.29 is 14.1 Å². The molecule has 0 bridgehead atoms. The van der Waals surface area contributed by atoms with Gasteiger partial charge in [0.25, 0.3) is 5.89 Å². The van der Waals surface area contributed by atoms with Gasteiger partial charge in [0.1, 0.15) is 6.04 Å². The van der Waals surface area contributed by atoms with E-state index < -0.39 is 0 Å². The monoisotopic (exact) mass is 329 g/mol. The summed E-state index contributed by atoms with van der Waals surface area (Å²) < 4.78 is 11.0. The zero-order chi connectivity index (χ0) is 17.1. The van der Waals surface area contributed by atoms with Gasteiger partial charge in [-0.2, -0.15) is 4.98 Å². The number of ether oxygens (including phenoxy) is 1. The maximum Gasteiger partial charge on any atom is 0.252 e. The SMILES string of the molecule is CCc1ccccc1CC(=O)N1CCO[C@H](C)[C@H]1c1nc(C)no1. The Morgan fingerprint density at radius 1 is 1.33 bits per heavy atom. The lowest BCUT2D eigenvalue weighted by Gasteiger charge is -2.37. The van der Waals surface area contributed by atoms with Crippen LogP contribution in [0.15, 0.2) is 28.8 Å². The van der Waals surface area contributed by atoms with E-state index in [1.54, 1.807) is 6.92 Å². The first-order valence-electron chi connectivity index (χ1n) is 8.38. The van der Waals surface area contributed by atoms with Crippen LogP contribution >= 0.6 is 0 Å². The molecule has 2 atom stereocenters. The van der Waals surface area contributed by atoms with Crippen molar-refractivity contribution in [1.82, 2.24) is 15.0 Å². The van der Waals surface area contributed by atoms with Crippen LogP contribution < -0.4 is 0 Å². The second-order valence-electron chi connectivity index (χ2n) is 6.09. The molecule has 2 heterocycles. The van der Waals surface area contributed by atoms with E-state index in [2.05, 4.69) is 23.1 Å². The first kappa shape index (κ1) is 16.6. The van der Waals surface area contributed by atoms with Crippen LogP contribution in [0.5, 0.6) is 0 Å². The Balaban J connectivity index is 1.83. The van der Waals surface area contributed by atoms with Gasteiger partial charge in [-0.25, -0.2) is 0 Å². The Labute approximate surface area is 141 Å². The minimum atomic E-state index is -0.332. The van der Waals surface area contributed by atoms with Crippen LogP contribution in [-0.2, 0) is 22.4 Å². The van der Waals surface area contributed by atoms with Crippen molar-refractivity contribution in [2.75, 3.05) is 13.2 Å². The Morgan fingerprint density at radius 3 is 2.75 bits per heavy atom. The first-order valence-corrected chi connectivity index (χ1v) is 8.38. The second-order valence-corrected chi connectivity index (χ2v) is 6.09. The summed E-state index contributed by atoms with van der Waals surface area (Å²) in [7, 11) is 0. The standard InChI is InChI=1S/C18H23N3O3/c1-4-14-7-5-6-8-15(14)11-16(22)21-9-10-23-12(2)17(21)18-19-13(3)20-24-18/h5-8,12,17H,4,9-11H2,1-3H3/t12-,17+/m1/s1. The van der Waals surface area contributed by atoms with Crippen molar-refractivity contribution in [3.8, 4) is 0 Å². The van der Waals surface area contributed by atoms with Crippen molar-refractivity contribution in [2.24, 2.45) is 0 Å². The van der Waals surface area contributed by atoms with Gasteiger partial charge < -0.3 is 14.2 Å². The van der Waals surface area contributed by atoms with E-state index in [-0.39, 0.29) is 18.1 Å². The maximum atomic E-state index is 13.0. The number of carbonyl (C=O) groups excluding carboxylic acids is 1. The zero-order valence-electron chi connectivity index (χ0n) is 14.4. The summed E-state index contributed by atoms with van der Waals surface area (Å²) in [6.45, 7) is 6.86. The molecule has 6 nitrogen and oxygen atoms in total. The maximum absolute atomic E-state index is 13.0. The number of aromatic nitrogens is 2. The number of carbonyl (C=O) groups is 1. The van der Waals surface area contributed by atoms with Crippen molar-refractivity contribution in [3.63, 3.8) is 0 Å². The average molecular weight is 329 g/mol. The minimum Gasteiger partial charge on any atom is -0.374 e. The quantitative estimate of drug-likeness (QED) is 0.862. The molecule has 0 N–H and O–H groups in total. The number of benzene rings is 1. The third-order valence-electron chi connectivity index (χ3n) is 4.45. The van der Waals surface area contributed by atoms with E-state index in [1.165, 1.54) is 5.56 Å². The Morgan fingerprint density at radius 2 is 2.08 bits per heavy atom. The van der Waals surface area contributed by atoms with Crippen molar-refractivity contribution in [1.29, 1.82) is 0 Å². The largest absolute Gasteiger partial charge is 0.374 e. The molecule has 0 radical (unpaired) electrons. The van der Waals surface area contributed by atoms with Gasteiger partial charge in [0, 0.05) is 6.54 Å². The average Bonchev–Trinajstić information content (AvgIpc) is 3.01. The fourth-order valence-electron chi connectivity index (χ4n) is 3.21. The number of morpholine rings is 1. The van der Waals surface area contributed by atoms with Gasteiger partial charge in [-0.15, -0.1) is 0 Å². The molecule has 3 rings (SSSR count). The fraction of sp³-hybridized carbons (Fsp3) is 0.500. The number of rotatable bonds is 4. The smallest absolute Gasteiger partial charge is 0.252 e. The minimum absolute atomic E-state index is 0.0619. The second kappa shape index (κ2) is 7.13. The molecule has 1 aromatic carbocycles. The number of nitrogens with zero attached hydrogens (tertiary/aromatic N) is 3. The topological polar surface area (TPSA) is 68.5 Å². The predicted molar refractivity (Wildman–Crippen MR) is 88.4 cm³/mol. The van der Waals surface area contributed by atoms with Gasteiger partial charge in [-0.05, 0) is 31.4 Å². The number of amides is 1. The van der Waals surface area contributed by atoms with Gasteiger partial charge >= 0.3 is 0 Å². The van der Waals surface area contributed by atoms with Gasteiger partial charge in [0.2, 0.25) is 5.91 Å². The van der Waals surface area contributed by atoms with E-state index in [4.69, 9.17) is 9.26 Å². The van der Waals surface area contributed by atoms with Gasteiger partial charge in [-0.1, -0.05) is 36.3 Å². The summed E-state index contributed by atoms with van der Waals surface area (Å²) in [5, 5.41) is 3.85. The molecular weight excluding hydrogens is 306 g/mol. The predicted octanol–water partition coefficient (Wildman–Crippen LogP) is 2.47. The summed E-state index contributed by atoms with van der Waals surface area (Å²) in [4.78, 5) is 19.1. The molecule has 1 aliphatic rings. The molecule has 6 heteroatoms. The summed E-state index contributed by atoms with van der Waals surface area (Å²) in [5.74, 6) is 1.07. The Hall–Kier alpha value is -2.21. The van der Waals surface area contributed by atoms with E-state index in [0.29, 0.717) is 31.3 Å². The number of hydrogen-bond donors (Lipinski definition) is 0. The Bertz CT molecular complexity index is 713. The highest BCUT2D eigenvalue weighted by Crippen LogP contribution is 2.29. The molecule has 0 saturated carbocycles. The van der Waals surface area contributed by atoms with Crippen molar-refractivity contribution in [2.45, 2.75) is 45.8 Å². The van der Waals surface area contributed by atoms with E-state index in [0.717, 1.165) is 12.0 Å². The highest BCUT2D eigenvalue weighted by atomic mass is 16.5. The van der Waals surface area contributed by atoms with Crippen LogP contribution in [-0.4, -0.2) is 40.2 Å². The molecule has 128 valence electrons. The van der Waals surface area contributed by atoms with Crippen LogP contribution in [0.2, 0.25) is 0 Å². The normalized spacial score (nSPS) is 21.0. The van der Waals surface area contributed by atoms with Crippen molar-refractivity contribution >= 4 is 5.91 Å². The lowest BCUT2D eigenvalue weighted by molar-refractivity contribution is -0.146. The Kier molecular flexibility index (Phi) is 4.94. The van der Waals surface area contributed by atoms with Crippen LogP contribution in [0, 0.1) is 6.92 Å². The molecule has 1 aromatic heterocycles. The molecule has 1 saturated heterocycles. The fourth-order valence-corrected chi connectivity index (χ4v) is 3.21. The highest BCUT2D eigenvalue weighted by Gasteiger charge is 2.37. The molecule has 0 spiro atoms. The molecular formula is C18H23N3O3. The third-order valence-corrected chi connectivity index (χ3v) is 4.45. The van der Waals surface area contributed by atoms with Crippen LogP contribution in [0.4, 0.5) is 0 Å². The van der Waals surface area contributed by atoms with Crippen LogP contribution in [0.3, 0.4) is 0 Å². The number of aryl methyl sites for hydroxylation is 2. The van der Waals surface area contributed by atoms with Gasteiger partial charge in [-0.3, -0.25) is 4.79 Å². The van der Waals surface area contributed by atoms with Gasteiger partial charge in [0.05, 0.1) is 19.1 Å². The van der Waals surface area contributed by atoms with Gasteiger partial charge in [0.15, 0.2) is 5.82 Å². The lowest BCUT2D eigenvalue weighted by atomic mass is 10.0. The molecule has 1 aliphatic heterocycles. The van der Waals surface area contributed by atoms with Crippen molar-refractivity contribution in [3.05, 3.63) is 47.1 Å². The van der Waals surface area contributed by atoms with Crippen LogP contribution in [0.1, 0.15) is 42.7 Å². The highest BCUT2D eigenvalue weighted by molar-refractivity contribution is 5.79. The molecule has 2 aromatic rings. The molecule has 1 fully saturated rings. The molecule has 0 aliphatic carbocycles. The third kappa shape index (κ3) is 3.33. The lowest BCUT2D eigenvalue weighted by Crippen LogP contribution is -2.48. The zero-order valence-corrected chi connectivity index (χ0v) is 14.4. The van der Waals surface area contributed by atoms with E-state index >= 15 is 0 Å². The molecule has 24 heavy (non-hydrogen) atoms. The number of hydrogen-bond acceptors (Lipinski definition) is 5. The van der Waals surface area contributed by atoms with E-state index in [1.807, 2.05) is 30.0 Å². The summed E-state index contributed by atoms with van der Waals surface area (Å²) in [5.41, 5.74) is 2.28. The summed E-state index contributed by atoms with van der Waals surface area (Å²) in [6, 6.07) is 7.74. The first-order chi connectivity index (χ1) is 11.6.